The van der Waals surface area contributed by atoms with E-state index in [0.29, 0.717) is 31.2 Å². The number of hydrogen-bond donors (Lipinski definition) is 3. The van der Waals surface area contributed by atoms with Crippen LogP contribution < -0.4 is 15.4 Å². The summed E-state index contributed by atoms with van der Waals surface area (Å²) in [6.07, 6.45) is 0.793. The lowest BCUT2D eigenvalue weighted by atomic mass is 10.1. The molecule has 1 aliphatic rings. The van der Waals surface area contributed by atoms with Gasteiger partial charge >= 0.3 is 0 Å². The number of methoxy groups -OCH3 is 1. The van der Waals surface area contributed by atoms with Gasteiger partial charge in [0.1, 0.15) is 18.2 Å². The summed E-state index contributed by atoms with van der Waals surface area (Å²) in [6.45, 7) is 2.11. The highest BCUT2D eigenvalue weighted by Crippen LogP contribution is 2.26. The summed E-state index contributed by atoms with van der Waals surface area (Å²) in [6, 6.07) is 3.97. The molecule has 3 rings (SSSR count). The maximum Gasteiger partial charge on any atom is 0.276 e. The molecular weight excluding hydrogens is 351 g/mol. The third-order valence-corrected chi connectivity index (χ3v) is 3.76. The second kappa shape index (κ2) is 8.80. The zero-order chi connectivity index (χ0) is 16.9. The van der Waals surface area contributed by atoms with Crippen LogP contribution in [0.3, 0.4) is 0 Å². The van der Waals surface area contributed by atoms with Gasteiger partial charge in [0.25, 0.3) is 5.91 Å². The van der Waals surface area contributed by atoms with Crippen LogP contribution in [0.25, 0.3) is 0 Å². The quantitative estimate of drug-likeness (QED) is 0.676. The molecule has 136 valence electrons. The molecular formula is C16H20ClFN4O3. The lowest BCUT2D eigenvalue weighted by molar-refractivity contribution is 0.102. The van der Waals surface area contributed by atoms with E-state index in [1.54, 1.807) is 7.11 Å². The van der Waals surface area contributed by atoms with Crippen molar-refractivity contribution in [2.45, 2.75) is 13.0 Å². The van der Waals surface area contributed by atoms with Crippen molar-refractivity contribution < 1.29 is 18.7 Å². The maximum absolute atomic E-state index is 13.5. The molecule has 1 aliphatic heterocycles. The maximum atomic E-state index is 13.5. The van der Waals surface area contributed by atoms with Gasteiger partial charge in [0.05, 0.1) is 12.3 Å². The summed E-state index contributed by atoms with van der Waals surface area (Å²) in [5.41, 5.74) is 2.37. The van der Waals surface area contributed by atoms with Crippen LogP contribution in [-0.4, -0.2) is 43.0 Å². The number of aromatic amines is 1. The topological polar surface area (TPSA) is 88.3 Å². The number of nitrogens with zero attached hydrogens (tertiary/aromatic N) is 1. The minimum Gasteiger partial charge on any atom is -0.489 e. The molecule has 0 unspecified atom stereocenters. The third kappa shape index (κ3) is 4.47. The van der Waals surface area contributed by atoms with Crippen LogP contribution >= 0.6 is 12.4 Å². The number of benzene rings is 1. The van der Waals surface area contributed by atoms with Crippen LogP contribution in [0.2, 0.25) is 0 Å². The van der Waals surface area contributed by atoms with Gasteiger partial charge in [-0.05, 0) is 12.1 Å². The smallest absolute Gasteiger partial charge is 0.276 e. The molecule has 0 atom stereocenters. The number of anilines is 1. The first-order valence-corrected chi connectivity index (χ1v) is 7.68. The van der Waals surface area contributed by atoms with Crippen molar-refractivity contribution in [2.24, 2.45) is 0 Å². The van der Waals surface area contributed by atoms with E-state index < -0.39 is 11.7 Å². The van der Waals surface area contributed by atoms with Crippen LogP contribution in [0.5, 0.6) is 5.75 Å². The molecule has 0 spiro atoms. The Morgan fingerprint density at radius 2 is 2.24 bits per heavy atom. The van der Waals surface area contributed by atoms with Gasteiger partial charge in [0.15, 0.2) is 5.69 Å². The number of nitrogens with one attached hydrogen (secondary N) is 3. The monoisotopic (exact) mass is 370 g/mol. The summed E-state index contributed by atoms with van der Waals surface area (Å²) in [4.78, 5) is 12.5. The highest BCUT2D eigenvalue weighted by atomic mass is 35.5. The van der Waals surface area contributed by atoms with E-state index in [0.717, 1.165) is 24.2 Å². The molecule has 1 amide bonds. The number of ether oxygens (including phenoxy) is 2. The van der Waals surface area contributed by atoms with Gasteiger partial charge in [-0.2, -0.15) is 5.10 Å². The molecule has 0 aliphatic carbocycles. The zero-order valence-corrected chi connectivity index (χ0v) is 14.5. The first kappa shape index (κ1) is 19.2. The number of carbonyl (C=O) groups excluding carboxylic acids is 1. The van der Waals surface area contributed by atoms with Gasteiger partial charge in [0, 0.05) is 43.9 Å². The molecule has 0 saturated heterocycles. The molecule has 25 heavy (non-hydrogen) atoms. The normalized spacial score (nSPS) is 12.9. The number of carbonyl (C=O) groups is 1. The fourth-order valence-corrected chi connectivity index (χ4v) is 2.56. The number of fused-ring (bicyclic) bond motifs is 1. The van der Waals surface area contributed by atoms with Crippen molar-refractivity contribution in [1.29, 1.82) is 0 Å². The van der Waals surface area contributed by atoms with Crippen molar-refractivity contribution in [3.05, 3.63) is 41.0 Å². The van der Waals surface area contributed by atoms with Crippen LogP contribution in [0.1, 0.15) is 21.7 Å². The average Bonchev–Trinajstić information content (AvgIpc) is 3.01. The van der Waals surface area contributed by atoms with E-state index in [2.05, 4.69) is 20.8 Å². The van der Waals surface area contributed by atoms with Crippen molar-refractivity contribution in [1.82, 2.24) is 15.5 Å². The minimum absolute atomic E-state index is 0. The highest BCUT2D eigenvalue weighted by molar-refractivity contribution is 6.04. The highest BCUT2D eigenvalue weighted by Gasteiger charge is 2.22. The van der Waals surface area contributed by atoms with E-state index in [1.807, 2.05) is 0 Å². The summed E-state index contributed by atoms with van der Waals surface area (Å²) < 4.78 is 24.0. The number of hydrogen-bond acceptors (Lipinski definition) is 5. The predicted octanol–water partition coefficient (Wildman–Crippen LogP) is 1.89. The van der Waals surface area contributed by atoms with Crippen LogP contribution in [-0.2, 0) is 17.7 Å². The number of amides is 1. The van der Waals surface area contributed by atoms with E-state index in [4.69, 9.17) is 9.47 Å². The van der Waals surface area contributed by atoms with Gasteiger partial charge in [-0.25, -0.2) is 4.39 Å². The molecule has 0 radical (unpaired) electrons. The van der Waals surface area contributed by atoms with E-state index >= 15 is 0 Å². The van der Waals surface area contributed by atoms with Gasteiger partial charge in [-0.15, -0.1) is 12.4 Å². The van der Waals surface area contributed by atoms with Crippen molar-refractivity contribution in [3.63, 3.8) is 0 Å². The Kier molecular flexibility index (Phi) is 6.74. The van der Waals surface area contributed by atoms with Crippen LogP contribution in [0.4, 0.5) is 10.1 Å². The van der Waals surface area contributed by atoms with Crippen LogP contribution in [0.15, 0.2) is 18.2 Å². The van der Waals surface area contributed by atoms with Gasteiger partial charge in [-0.3, -0.25) is 9.89 Å². The Hall–Kier alpha value is -2.16. The lowest BCUT2D eigenvalue weighted by Crippen LogP contribution is -2.25. The van der Waals surface area contributed by atoms with Crippen LogP contribution in [0, 0.1) is 5.82 Å². The Labute approximate surface area is 150 Å². The Morgan fingerprint density at radius 3 is 3.04 bits per heavy atom. The summed E-state index contributed by atoms with van der Waals surface area (Å²) in [5.74, 6) is -0.488. The number of aromatic nitrogens is 2. The fourth-order valence-electron chi connectivity index (χ4n) is 2.56. The summed E-state index contributed by atoms with van der Waals surface area (Å²) >= 11 is 0. The van der Waals surface area contributed by atoms with Crippen molar-refractivity contribution in [2.75, 3.05) is 32.2 Å². The molecule has 7 nitrogen and oxygen atoms in total. The minimum atomic E-state index is -0.463. The third-order valence-electron chi connectivity index (χ3n) is 3.76. The van der Waals surface area contributed by atoms with Gasteiger partial charge < -0.3 is 20.1 Å². The first-order valence-electron chi connectivity index (χ1n) is 7.68. The largest absolute Gasteiger partial charge is 0.489 e. The second-order valence-corrected chi connectivity index (χ2v) is 5.39. The number of halogens is 2. The zero-order valence-electron chi connectivity index (χ0n) is 13.7. The molecule has 0 saturated carbocycles. The fraction of sp³-hybridized carbons (Fsp3) is 0.375. The molecule has 9 heteroatoms. The average molecular weight is 371 g/mol. The van der Waals surface area contributed by atoms with E-state index in [9.17, 15) is 9.18 Å². The molecule has 1 aromatic heterocycles. The second-order valence-electron chi connectivity index (χ2n) is 5.39. The molecule has 0 bridgehead atoms. The van der Waals surface area contributed by atoms with E-state index in [-0.39, 0.29) is 18.1 Å². The van der Waals surface area contributed by atoms with Crippen molar-refractivity contribution in [3.8, 4) is 5.75 Å². The molecule has 3 N–H and O–H groups in total. The number of H-pyrrole nitrogens is 1. The van der Waals surface area contributed by atoms with E-state index in [1.165, 1.54) is 18.2 Å². The molecule has 0 fully saturated rings. The number of rotatable bonds is 6. The predicted molar refractivity (Wildman–Crippen MR) is 93.0 cm³/mol. The van der Waals surface area contributed by atoms with Gasteiger partial charge in [-0.1, -0.05) is 0 Å². The van der Waals surface area contributed by atoms with Gasteiger partial charge in [0.2, 0.25) is 0 Å². The standard InChI is InChI=1S/C16H19FN4O3.ClH/c1-23-6-7-24-14-3-2-10(17)8-13(14)19-16(22)15-11-9-18-5-4-12(11)20-21-15;/h2-3,8,18H,4-7,9H2,1H3,(H,19,22)(H,20,21);1H. The summed E-state index contributed by atoms with van der Waals surface area (Å²) in [5, 5.41) is 12.9. The molecule has 1 aromatic carbocycles. The Balaban J connectivity index is 0.00000225. The first-order chi connectivity index (χ1) is 11.7. The Bertz CT molecular complexity index is 738. The molecule has 2 heterocycles. The lowest BCUT2D eigenvalue weighted by Gasteiger charge is -2.14. The molecule has 2 aromatic rings. The van der Waals surface area contributed by atoms with Crippen molar-refractivity contribution >= 4 is 24.0 Å². The summed E-state index contributed by atoms with van der Waals surface area (Å²) in [7, 11) is 1.56. The Morgan fingerprint density at radius 1 is 1.40 bits per heavy atom. The SMILES string of the molecule is COCCOc1ccc(F)cc1NC(=O)c1n[nH]c2c1CNCC2.Cl.